The lowest BCUT2D eigenvalue weighted by Crippen LogP contribution is -1.95. The van der Waals surface area contributed by atoms with Crippen molar-refractivity contribution in [3.63, 3.8) is 0 Å². The average Bonchev–Trinajstić information content (AvgIpc) is 3.41. The van der Waals surface area contributed by atoms with Crippen molar-refractivity contribution < 1.29 is 13.5 Å². The molecule has 0 aliphatic heterocycles. The summed E-state index contributed by atoms with van der Waals surface area (Å²) in [7, 11) is 0. The number of aromatic nitrogens is 3. The zero-order valence-electron chi connectivity index (χ0n) is 15.7. The first-order valence-electron chi connectivity index (χ1n) is 9.07. The molecule has 2 heterocycles. The summed E-state index contributed by atoms with van der Waals surface area (Å²) in [5.41, 5.74) is 3.41. The number of hydrogen-bond donors (Lipinski definition) is 0. The molecule has 0 fully saturated rings. The lowest BCUT2D eigenvalue weighted by molar-refractivity contribution is 0.252. The lowest BCUT2D eigenvalue weighted by Gasteiger charge is -2.02. The second-order valence-electron chi connectivity index (χ2n) is 6.19. The maximum Gasteiger partial charge on any atom is 0.277 e. The molecule has 4 aromatic rings. The Bertz CT molecular complexity index is 1060. The molecule has 29 heavy (non-hydrogen) atoms. The molecule has 0 bridgehead atoms. The fourth-order valence-corrected chi connectivity index (χ4v) is 4.16. The van der Waals surface area contributed by atoms with E-state index in [1.54, 1.807) is 23.5 Å². The molecule has 5 nitrogen and oxygen atoms in total. The second-order valence-corrected chi connectivity index (χ2v) is 7.97. The summed E-state index contributed by atoms with van der Waals surface area (Å²) in [6.07, 6.45) is 1.03. The van der Waals surface area contributed by atoms with Crippen molar-refractivity contribution in [1.29, 1.82) is 0 Å². The molecule has 0 atom stereocenters. The minimum absolute atomic E-state index is 0.133. The molecule has 0 aliphatic carbocycles. The van der Waals surface area contributed by atoms with E-state index in [0.29, 0.717) is 22.6 Å². The highest BCUT2D eigenvalue weighted by Crippen LogP contribution is 2.28. The maximum atomic E-state index is 12.9. The molecule has 0 radical (unpaired) electrons. The van der Waals surface area contributed by atoms with E-state index in [9.17, 15) is 4.39 Å². The van der Waals surface area contributed by atoms with Gasteiger partial charge in [0.1, 0.15) is 16.6 Å². The molecule has 2 aromatic heterocycles. The monoisotopic (exact) mass is 427 g/mol. The zero-order chi connectivity index (χ0) is 20.1. The lowest BCUT2D eigenvalue weighted by atomic mass is 10.1. The summed E-state index contributed by atoms with van der Waals surface area (Å²) >= 11 is 3.06. The second kappa shape index (κ2) is 9.19. The van der Waals surface area contributed by atoms with Gasteiger partial charge in [-0.1, -0.05) is 43.0 Å². The Kier molecular flexibility index (Phi) is 6.21. The predicted octanol–water partition coefficient (Wildman–Crippen LogP) is 5.77. The van der Waals surface area contributed by atoms with Crippen LogP contribution in [0, 0.1) is 5.82 Å². The van der Waals surface area contributed by atoms with E-state index >= 15 is 0 Å². The van der Waals surface area contributed by atoms with Crippen molar-refractivity contribution in [2.45, 2.75) is 30.9 Å². The number of ether oxygens (including phenoxy) is 1. The van der Waals surface area contributed by atoms with Gasteiger partial charge < -0.3 is 9.15 Å². The molecule has 0 N–H and O–H groups in total. The van der Waals surface area contributed by atoms with Crippen LogP contribution in [0.25, 0.3) is 10.6 Å². The number of halogens is 1. The van der Waals surface area contributed by atoms with Crippen LogP contribution in [0.15, 0.2) is 63.6 Å². The molecule has 8 heteroatoms. The largest absolute Gasteiger partial charge is 0.484 e. The van der Waals surface area contributed by atoms with Crippen LogP contribution in [0.2, 0.25) is 0 Å². The highest BCUT2D eigenvalue weighted by molar-refractivity contribution is 7.98. The topological polar surface area (TPSA) is 61.0 Å². The van der Waals surface area contributed by atoms with Crippen molar-refractivity contribution in [3.8, 4) is 16.3 Å². The van der Waals surface area contributed by atoms with Crippen LogP contribution in [-0.4, -0.2) is 15.2 Å². The van der Waals surface area contributed by atoms with Crippen molar-refractivity contribution in [2.75, 3.05) is 0 Å². The first kappa shape index (κ1) is 19.6. The maximum absolute atomic E-state index is 12.9. The van der Waals surface area contributed by atoms with Crippen LogP contribution in [0.4, 0.5) is 4.39 Å². The fourth-order valence-electron chi connectivity index (χ4n) is 2.56. The van der Waals surface area contributed by atoms with Gasteiger partial charge >= 0.3 is 0 Å². The van der Waals surface area contributed by atoms with E-state index < -0.39 is 0 Å². The van der Waals surface area contributed by atoms with Crippen LogP contribution in [0.3, 0.4) is 0 Å². The summed E-state index contributed by atoms with van der Waals surface area (Å²) in [4.78, 5) is 4.69. The van der Waals surface area contributed by atoms with Crippen LogP contribution in [0.1, 0.15) is 24.1 Å². The molecule has 0 aliphatic rings. The first-order valence-corrected chi connectivity index (χ1v) is 10.9. The number of aryl methyl sites for hydroxylation is 1. The summed E-state index contributed by atoms with van der Waals surface area (Å²) in [5, 5.41) is 11.5. The SMILES string of the molecule is CCc1ccc(-c2nc(CSc3nnc(COc4ccc(F)cc4)o3)cs2)cc1. The molecule has 0 unspecified atom stereocenters. The van der Waals surface area contributed by atoms with E-state index in [4.69, 9.17) is 14.1 Å². The normalized spacial score (nSPS) is 11.0. The Morgan fingerprint density at radius 2 is 1.86 bits per heavy atom. The molecule has 0 spiro atoms. The molecule has 0 amide bonds. The van der Waals surface area contributed by atoms with Crippen molar-refractivity contribution in [2.24, 2.45) is 0 Å². The van der Waals surface area contributed by atoms with Crippen LogP contribution >= 0.6 is 23.1 Å². The van der Waals surface area contributed by atoms with Gasteiger partial charge in [-0.3, -0.25) is 0 Å². The predicted molar refractivity (Wildman–Crippen MR) is 112 cm³/mol. The zero-order valence-corrected chi connectivity index (χ0v) is 17.3. The molecule has 2 aromatic carbocycles. The summed E-state index contributed by atoms with van der Waals surface area (Å²) in [6.45, 7) is 2.28. The third-order valence-electron chi connectivity index (χ3n) is 4.13. The minimum Gasteiger partial charge on any atom is -0.484 e. The van der Waals surface area contributed by atoms with Gasteiger partial charge in [0.05, 0.1) is 5.69 Å². The van der Waals surface area contributed by atoms with E-state index in [1.165, 1.54) is 29.5 Å². The van der Waals surface area contributed by atoms with Gasteiger partial charge in [0, 0.05) is 16.7 Å². The molecular weight excluding hydrogens is 409 g/mol. The molecule has 0 saturated carbocycles. The Morgan fingerprint density at radius 3 is 2.62 bits per heavy atom. The quantitative estimate of drug-likeness (QED) is 0.333. The number of thiazole rings is 1. The summed E-state index contributed by atoms with van der Waals surface area (Å²) in [5.74, 6) is 1.24. The van der Waals surface area contributed by atoms with Gasteiger partial charge in [-0.05, 0) is 36.2 Å². The Balaban J connectivity index is 1.30. The van der Waals surface area contributed by atoms with E-state index in [2.05, 4.69) is 41.4 Å². The van der Waals surface area contributed by atoms with Crippen LogP contribution in [0.5, 0.6) is 5.75 Å². The first-order chi connectivity index (χ1) is 14.2. The average molecular weight is 428 g/mol. The Labute approximate surface area is 176 Å². The fraction of sp³-hybridized carbons (Fsp3) is 0.190. The number of nitrogens with zero attached hydrogens (tertiary/aromatic N) is 3. The molecule has 4 rings (SSSR count). The van der Waals surface area contributed by atoms with Crippen molar-refractivity contribution in [3.05, 3.63) is 76.9 Å². The van der Waals surface area contributed by atoms with E-state index in [0.717, 1.165) is 22.7 Å². The molecular formula is C21H18FN3O2S2. The van der Waals surface area contributed by atoms with Crippen molar-refractivity contribution >= 4 is 23.1 Å². The van der Waals surface area contributed by atoms with Crippen molar-refractivity contribution in [1.82, 2.24) is 15.2 Å². The smallest absolute Gasteiger partial charge is 0.277 e. The van der Waals surface area contributed by atoms with Gasteiger partial charge in [0.15, 0.2) is 6.61 Å². The summed E-state index contributed by atoms with van der Waals surface area (Å²) in [6, 6.07) is 14.3. The van der Waals surface area contributed by atoms with Crippen LogP contribution in [-0.2, 0) is 18.8 Å². The third kappa shape index (κ3) is 5.21. The number of benzene rings is 2. The van der Waals surface area contributed by atoms with E-state index in [1.807, 2.05) is 5.38 Å². The van der Waals surface area contributed by atoms with Gasteiger partial charge in [-0.2, -0.15) is 0 Å². The molecule has 148 valence electrons. The van der Waals surface area contributed by atoms with Crippen LogP contribution < -0.4 is 4.74 Å². The number of thioether (sulfide) groups is 1. The standard InChI is InChI=1S/C21H18FN3O2S2/c1-2-14-3-5-15(6-4-14)20-23-17(12-28-20)13-29-21-25-24-19(27-21)11-26-18-9-7-16(22)8-10-18/h3-10,12H,2,11,13H2,1H3. The number of hydrogen-bond acceptors (Lipinski definition) is 7. The highest BCUT2D eigenvalue weighted by Gasteiger charge is 2.10. The highest BCUT2D eigenvalue weighted by atomic mass is 32.2. The third-order valence-corrected chi connectivity index (χ3v) is 5.92. The minimum atomic E-state index is -0.308. The van der Waals surface area contributed by atoms with Gasteiger partial charge in [0.2, 0.25) is 0 Å². The Hall–Kier alpha value is -2.71. The Morgan fingerprint density at radius 1 is 1.07 bits per heavy atom. The van der Waals surface area contributed by atoms with E-state index in [-0.39, 0.29) is 12.4 Å². The molecule has 0 saturated heterocycles. The number of rotatable bonds is 8. The summed E-state index contributed by atoms with van der Waals surface area (Å²) < 4.78 is 24.0. The van der Waals surface area contributed by atoms with Gasteiger partial charge in [-0.25, -0.2) is 9.37 Å². The van der Waals surface area contributed by atoms with Gasteiger partial charge in [-0.15, -0.1) is 21.5 Å². The van der Waals surface area contributed by atoms with Gasteiger partial charge in [0.25, 0.3) is 11.1 Å².